The Kier molecular flexibility index (Phi) is 3.39. The van der Waals surface area contributed by atoms with Gasteiger partial charge in [-0.25, -0.2) is 9.97 Å². The molecule has 0 fully saturated rings. The number of nitrogens with zero attached hydrogens (tertiary/aromatic N) is 4. The number of hydrogen-bond donors (Lipinski definition) is 0. The number of rotatable bonds is 2. The van der Waals surface area contributed by atoms with Gasteiger partial charge in [0.05, 0.1) is 34.3 Å². The van der Waals surface area contributed by atoms with Crippen molar-refractivity contribution in [1.29, 1.82) is 0 Å². The van der Waals surface area contributed by atoms with Gasteiger partial charge in [0, 0.05) is 34.8 Å². The molecule has 0 spiro atoms. The topological polar surface area (TPSA) is 51.6 Å². The summed E-state index contributed by atoms with van der Waals surface area (Å²) in [6.07, 6.45) is 5.10. The SMILES string of the molecule is [c]1c(-c2ccc3ccccc3n2)nc2ccccc2c1-c1cnccn1. The summed E-state index contributed by atoms with van der Waals surface area (Å²) in [5.74, 6) is 0. The van der Waals surface area contributed by atoms with E-state index in [4.69, 9.17) is 9.97 Å². The lowest BCUT2D eigenvalue weighted by Crippen LogP contribution is -1.94. The van der Waals surface area contributed by atoms with Crippen molar-refractivity contribution in [2.24, 2.45) is 0 Å². The van der Waals surface area contributed by atoms with Gasteiger partial charge in [0.1, 0.15) is 0 Å². The van der Waals surface area contributed by atoms with Crippen LogP contribution in [0.2, 0.25) is 0 Å². The fourth-order valence-electron chi connectivity index (χ4n) is 3.07. The largest absolute Gasteiger partial charge is 0.261 e. The van der Waals surface area contributed by atoms with Crippen molar-refractivity contribution in [1.82, 2.24) is 19.9 Å². The molecule has 121 valence electrons. The van der Waals surface area contributed by atoms with Gasteiger partial charge in [0.15, 0.2) is 0 Å². The number of fused-ring (bicyclic) bond motifs is 2. The van der Waals surface area contributed by atoms with Crippen molar-refractivity contribution in [2.45, 2.75) is 0 Å². The zero-order valence-electron chi connectivity index (χ0n) is 13.8. The predicted octanol–water partition coefficient (Wildman–Crippen LogP) is 4.71. The highest BCUT2D eigenvalue weighted by Gasteiger charge is 2.12. The average molecular weight is 333 g/mol. The van der Waals surface area contributed by atoms with Crippen LogP contribution in [0.5, 0.6) is 0 Å². The van der Waals surface area contributed by atoms with Gasteiger partial charge in [-0.15, -0.1) is 0 Å². The Morgan fingerprint density at radius 1 is 0.692 bits per heavy atom. The molecule has 4 heteroatoms. The third-order valence-electron chi connectivity index (χ3n) is 4.31. The Morgan fingerprint density at radius 3 is 2.42 bits per heavy atom. The van der Waals surface area contributed by atoms with Gasteiger partial charge in [-0.2, -0.15) is 0 Å². The van der Waals surface area contributed by atoms with Gasteiger partial charge in [-0.05, 0) is 18.2 Å². The van der Waals surface area contributed by atoms with E-state index in [1.807, 2.05) is 48.5 Å². The molecule has 0 saturated carbocycles. The Hall–Kier alpha value is -3.66. The van der Waals surface area contributed by atoms with E-state index in [2.05, 4.69) is 28.2 Å². The van der Waals surface area contributed by atoms with Crippen molar-refractivity contribution < 1.29 is 0 Å². The second kappa shape index (κ2) is 6.01. The molecule has 0 amide bonds. The standard InChI is InChI=1S/C22H13N4/c1-3-7-18-15(5-1)9-10-20(25-18)21-13-17(22-14-23-11-12-24-22)16-6-2-4-8-19(16)26-21/h1-12,14H. The lowest BCUT2D eigenvalue weighted by Gasteiger charge is -2.09. The molecule has 26 heavy (non-hydrogen) atoms. The summed E-state index contributed by atoms with van der Waals surface area (Å²) in [5, 5.41) is 2.10. The number of benzene rings is 2. The first-order valence-corrected chi connectivity index (χ1v) is 8.33. The number of pyridine rings is 2. The van der Waals surface area contributed by atoms with Gasteiger partial charge >= 0.3 is 0 Å². The lowest BCUT2D eigenvalue weighted by molar-refractivity contribution is 1.20. The zero-order valence-corrected chi connectivity index (χ0v) is 13.8. The molecule has 0 unspecified atom stereocenters. The van der Waals surface area contributed by atoms with E-state index in [9.17, 15) is 0 Å². The van der Waals surface area contributed by atoms with Crippen LogP contribution in [0.25, 0.3) is 44.5 Å². The maximum atomic E-state index is 4.77. The highest BCUT2D eigenvalue weighted by molar-refractivity contribution is 5.95. The fraction of sp³-hybridized carbons (Fsp3) is 0. The van der Waals surface area contributed by atoms with Gasteiger partial charge < -0.3 is 0 Å². The smallest absolute Gasteiger partial charge is 0.0980 e. The van der Waals surface area contributed by atoms with Crippen LogP contribution in [0.4, 0.5) is 0 Å². The Morgan fingerprint density at radius 2 is 1.54 bits per heavy atom. The molecule has 1 radical (unpaired) electrons. The summed E-state index contributed by atoms with van der Waals surface area (Å²) in [6, 6.07) is 23.5. The van der Waals surface area contributed by atoms with Crippen LogP contribution in [0, 0.1) is 6.07 Å². The molecule has 0 aliphatic rings. The monoisotopic (exact) mass is 333 g/mol. The van der Waals surface area contributed by atoms with Crippen LogP contribution in [-0.4, -0.2) is 19.9 Å². The Balaban J connectivity index is 1.77. The molecule has 0 aliphatic carbocycles. The summed E-state index contributed by atoms with van der Waals surface area (Å²) in [4.78, 5) is 18.2. The van der Waals surface area contributed by atoms with E-state index < -0.39 is 0 Å². The highest BCUT2D eigenvalue weighted by Crippen LogP contribution is 2.30. The molecule has 0 bridgehead atoms. The molecule has 5 aromatic rings. The molecule has 0 aliphatic heterocycles. The molecule has 0 N–H and O–H groups in total. The van der Waals surface area contributed by atoms with Crippen molar-refractivity contribution >= 4 is 21.8 Å². The molecular formula is C22H13N4. The quantitative estimate of drug-likeness (QED) is 0.469. The van der Waals surface area contributed by atoms with Crippen LogP contribution >= 0.6 is 0 Å². The summed E-state index contributed by atoms with van der Waals surface area (Å²) >= 11 is 0. The molecule has 5 rings (SSSR count). The van der Waals surface area contributed by atoms with Gasteiger partial charge in [0.25, 0.3) is 0 Å². The van der Waals surface area contributed by atoms with E-state index in [1.165, 1.54) is 0 Å². The minimum Gasteiger partial charge on any atom is -0.261 e. The molecule has 3 heterocycles. The van der Waals surface area contributed by atoms with E-state index in [0.29, 0.717) is 5.69 Å². The molecular weight excluding hydrogens is 320 g/mol. The lowest BCUT2D eigenvalue weighted by atomic mass is 10.0. The predicted molar refractivity (Wildman–Crippen MR) is 102 cm³/mol. The molecule has 0 atom stereocenters. The second-order valence-electron chi connectivity index (χ2n) is 5.96. The van der Waals surface area contributed by atoms with Crippen LogP contribution in [0.15, 0.2) is 79.3 Å². The van der Waals surface area contributed by atoms with Gasteiger partial charge in [-0.1, -0.05) is 42.5 Å². The number of hydrogen-bond acceptors (Lipinski definition) is 4. The molecule has 3 aromatic heterocycles. The first kappa shape index (κ1) is 14.7. The summed E-state index contributed by atoms with van der Waals surface area (Å²) in [7, 11) is 0. The van der Waals surface area contributed by atoms with Gasteiger partial charge in [-0.3, -0.25) is 9.97 Å². The molecule has 4 nitrogen and oxygen atoms in total. The maximum Gasteiger partial charge on any atom is 0.0980 e. The second-order valence-corrected chi connectivity index (χ2v) is 5.96. The first-order valence-electron chi connectivity index (χ1n) is 8.33. The van der Waals surface area contributed by atoms with E-state index in [-0.39, 0.29) is 0 Å². The Labute approximate surface area is 150 Å². The molecule has 2 aromatic carbocycles. The summed E-state index contributed by atoms with van der Waals surface area (Å²) in [6.45, 7) is 0. The minimum atomic E-state index is 0.704. The van der Waals surface area contributed by atoms with Crippen LogP contribution in [0.1, 0.15) is 0 Å². The van der Waals surface area contributed by atoms with Crippen molar-refractivity contribution in [3.63, 3.8) is 0 Å². The van der Waals surface area contributed by atoms with Crippen LogP contribution in [0.3, 0.4) is 0 Å². The third-order valence-corrected chi connectivity index (χ3v) is 4.31. The summed E-state index contributed by atoms with van der Waals surface area (Å²) in [5.41, 5.74) is 4.97. The highest BCUT2D eigenvalue weighted by atomic mass is 14.8. The molecule has 0 saturated heterocycles. The number of aromatic nitrogens is 4. The first-order chi connectivity index (χ1) is 12.9. The maximum absolute atomic E-state index is 4.77. The van der Waals surface area contributed by atoms with E-state index in [1.54, 1.807) is 18.6 Å². The third kappa shape index (κ3) is 2.48. The normalized spacial score (nSPS) is 11.1. The van der Waals surface area contributed by atoms with Crippen molar-refractivity contribution in [3.05, 3.63) is 85.3 Å². The summed E-state index contributed by atoms with van der Waals surface area (Å²) < 4.78 is 0. The minimum absolute atomic E-state index is 0.704. The van der Waals surface area contributed by atoms with Gasteiger partial charge in [0.2, 0.25) is 0 Å². The fourth-order valence-corrected chi connectivity index (χ4v) is 3.07. The van der Waals surface area contributed by atoms with Crippen molar-refractivity contribution in [2.75, 3.05) is 0 Å². The average Bonchev–Trinajstić information content (AvgIpc) is 2.73. The van der Waals surface area contributed by atoms with Crippen molar-refractivity contribution in [3.8, 4) is 22.6 Å². The zero-order chi connectivity index (χ0) is 17.3. The van der Waals surface area contributed by atoms with Crippen LogP contribution in [-0.2, 0) is 0 Å². The van der Waals surface area contributed by atoms with Crippen LogP contribution < -0.4 is 0 Å². The van der Waals surface area contributed by atoms with E-state index in [0.717, 1.165) is 38.8 Å². The number of para-hydroxylation sites is 2. The Bertz CT molecular complexity index is 1230. The van der Waals surface area contributed by atoms with E-state index >= 15 is 0 Å².